The zero-order chi connectivity index (χ0) is 20.9. The van der Waals surface area contributed by atoms with Crippen LogP contribution in [0.3, 0.4) is 0 Å². The zero-order valence-electron chi connectivity index (χ0n) is 17.2. The Hall–Kier alpha value is -2.44. The minimum atomic E-state index is 0.0137. The Morgan fingerprint density at radius 2 is 2.20 bits per heavy atom. The number of anilines is 1. The monoisotopic (exact) mass is 430 g/mol. The average molecular weight is 431 g/mol. The number of methoxy groups -OCH3 is 1. The quantitative estimate of drug-likeness (QED) is 0.689. The maximum absolute atomic E-state index is 12.4. The number of nitrogens with zero attached hydrogens (tertiary/aromatic N) is 1. The van der Waals surface area contributed by atoms with Gasteiger partial charge in [-0.3, -0.25) is 9.69 Å². The Morgan fingerprint density at radius 3 is 3.03 bits per heavy atom. The number of amides is 1. The van der Waals surface area contributed by atoms with Crippen LogP contribution in [0.25, 0.3) is 0 Å². The van der Waals surface area contributed by atoms with Gasteiger partial charge >= 0.3 is 0 Å². The van der Waals surface area contributed by atoms with Crippen molar-refractivity contribution in [2.75, 3.05) is 32.3 Å². The normalized spacial score (nSPS) is 18.3. The van der Waals surface area contributed by atoms with E-state index in [1.54, 1.807) is 25.3 Å². The third-order valence-corrected chi connectivity index (χ3v) is 5.99. The van der Waals surface area contributed by atoms with Crippen LogP contribution in [0.15, 0.2) is 36.4 Å². The molecule has 2 heterocycles. The van der Waals surface area contributed by atoms with Crippen molar-refractivity contribution in [3.05, 3.63) is 47.0 Å². The first-order valence-electron chi connectivity index (χ1n) is 10.4. The van der Waals surface area contributed by atoms with Gasteiger partial charge in [0.1, 0.15) is 5.75 Å². The minimum absolute atomic E-state index is 0.0137. The third-order valence-electron chi connectivity index (χ3n) is 5.69. The van der Waals surface area contributed by atoms with Crippen LogP contribution < -0.4 is 19.5 Å². The van der Waals surface area contributed by atoms with E-state index in [0.717, 1.165) is 50.4 Å². The SMILES string of the molecule is COc1ccc(NC(=O)CC[C@@H]2CCCN(Cc3cccc4c3OCO4)C2)cc1Cl. The maximum Gasteiger partial charge on any atom is 0.231 e. The number of piperidine rings is 1. The Kier molecular flexibility index (Phi) is 6.65. The average Bonchev–Trinajstić information content (AvgIpc) is 3.23. The van der Waals surface area contributed by atoms with Crippen LogP contribution in [-0.4, -0.2) is 37.8 Å². The lowest BCUT2D eigenvalue weighted by atomic mass is 9.93. The topological polar surface area (TPSA) is 60.0 Å². The number of para-hydroxylation sites is 1. The van der Waals surface area contributed by atoms with Crippen LogP contribution in [0.2, 0.25) is 5.02 Å². The summed E-state index contributed by atoms with van der Waals surface area (Å²) < 4.78 is 16.3. The van der Waals surface area contributed by atoms with Gasteiger partial charge in [-0.15, -0.1) is 0 Å². The van der Waals surface area contributed by atoms with E-state index in [4.69, 9.17) is 25.8 Å². The molecule has 1 atom stereocenters. The summed E-state index contributed by atoms with van der Waals surface area (Å²) in [6.07, 6.45) is 3.68. The van der Waals surface area contributed by atoms with Crippen LogP contribution in [0, 0.1) is 5.92 Å². The Bertz CT molecular complexity index is 905. The van der Waals surface area contributed by atoms with E-state index in [1.165, 1.54) is 5.56 Å². The molecule has 0 unspecified atom stereocenters. The van der Waals surface area contributed by atoms with Crippen LogP contribution in [0.4, 0.5) is 5.69 Å². The Morgan fingerprint density at radius 1 is 1.30 bits per heavy atom. The van der Waals surface area contributed by atoms with Gasteiger partial charge in [0.05, 0.1) is 12.1 Å². The molecule has 160 valence electrons. The highest BCUT2D eigenvalue weighted by Gasteiger charge is 2.24. The first-order valence-corrected chi connectivity index (χ1v) is 10.7. The molecule has 0 aromatic heterocycles. The summed E-state index contributed by atoms with van der Waals surface area (Å²) in [6, 6.07) is 11.3. The summed E-state index contributed by atoms with van der Waals surface area (Å²) in [6.45, 7) is 3.20. The number of hydrogen-bond donors (Lipinski definition) is 1. The van der Waals surface area contributed by atoms with Gasteiger partial charge in [0.15, 0.2) is 11.5 Å². The zero-order valence-corrected chi connectivity index (χ0v) is 17.9. The standard InChI is InChI=1S/C23H27ClN2O4/c1-28-20-9-8-18(12-19(20)24)25-22(27)10-7-16-4-3-11-26(13-16)14-17-5-2-6-21-23(17)30-15-29-21/h2,5-6,8-9,12,16H,3-4,7,10-11,13-15H2,1H3,(H,25,27)/t16-/m0/s1. The molecule has 4 rings (SSSR count). The van der Waals surface area contributed by atoms with Gasteiger partial charge in [-0.1, -0.05) is 23.7 Å². The second-order valence-electron chi connectivity index (χ2n) is 7.83. The van der Waals surface area contributed by atoms with Gasteiger partial charge in [0.25, 0.3) is 0 Å². The van der Waals surface area contributed by atoms with Crippen molar-refractivity contribution in [2.24, 2.45) is 5.92 Å². The van der Waals surface area contributed by atoms with E-state index >= 15 is 0 Å². The fraction of sp³-hybridized carbons (Fsp3) is 0.435. The van der Waals surface area contributed by atoms with E-state index in [9.17, 15) is 4.79 Å². The molecule has 2 aliphatic rings. The first-order chi connectivity index (χ1) is 14.6. The van der Waals surface area contributed by atoms with Crippen molar-refractivity contribution >= 4 is 23.2 Å². The molecule has 30 heavy (non-hydrogen) atoms. The van der Waals surface area contributed by atoms with Crippen molar-refractivity contribution in [1.82, 2.24) is 4.90 Å². The van der Waals surface area contributed by atoms with Crippen molar-refractivity contribution in [3.8, 4) is 17.2 Å². The lowest BCUT2D eigenvalue weighted by Crippen LogP contribution is -2.35. The highest BCUT2D eigenvalue weighted by atomic mass is 35.5. The predicted molar refractivity (Wildman–Crippen MR) is 116 cm³/mol. The summed E-state index contributed by atoms with van der Waals surface area (Å²) in [5, 5.41) is 3.42. The third kappa shape index (κ3) is 4.99. The first kappa shape index (κ1) is 20.8. The molecular formula is C23H27ClN2O4. The molecule has 0 saturated carbocycles. The van der Waals surface area contributed by atoms with Gasteiger partial charge in [-0.25, -0.2) is 0 Å². The summed E-state index contributed by atoms with van der Waals surface area (Å²) >= 11 is 6.13. The van der Waals surface area contributed by atoms with E-state index in [0.29, 0.717) is 35.6 Å². The molecule has 7 heteroatoms. The minimum Gasteiger partial charge on any atom is -0.495 e. The second kappa shape index (κ2) is 9.58. The van der Waals surface area contributed by atoms with E-state index in [2.05, 4.69) is 16.3 Å². The highest BCUT2D eigenvalue weighted by Crippen LogP contribution is 2.36. The van der Waals surface area contributed by atoms with E-state index in [-0.39, 0.29) is 5.91 Å². The number of rotatable bonds is 7. The second-order valence-corrected chi connectivity index (χ2v) is 8.24. The van der Waals surface area contributed by atoms with Crippen molar-refractivity contribution < 1.29 is 19.0 Å². The molecule has 2 aromatic carbocycles. The van der Waals surface area contributed by atoms with Gasteiger partial charge < -0.3 is 19.5 Å². The van der Waals surface area contributed by atoms with Gasteiger partial charge in [0, 0.05) is 30.8 Å². The lowest BCUT2D eigenvalue weighted by Gasteiger charge is -2.32. The van der Waals surface area contributed by atoms with E-state index < -0.39 is 0 Å². The summed E-state index contributed by atoms with van der Waals surface area (Å²) in [7, 11) is 1.57. The number of halogens is 1. The number of hydrogen-bond acceptors (Lipinski definition) is 5. The fourth-order valence-corrected chi connectivity index (χ4v) is 4.45. The number of ether oxygens (including phenoxy) is 3. The molecule has 2 aromatic rings. The van der Waals surface area contributed by atoms with Crippen LogP contribution in [0.5, 0.6) is 17.2 Å². The lowest BCUT2D eigenvalue weighted by molar-refractivity contribution is -0.116. The highest BCUT2D eigenvalue weighted by molar-refractivity contribution is 6.32. The summed E-state index contributed by atoms with van der Waals surface area (Å²) in [4.78, 5) is 14.8. The number of benzene rings is 2. The van der Waals surface area contributed by atoms with Gasteiger partial charge in [0.2, 0.25) is 12.7 Å². The maximum atomic E-state index is 12.4. The van der Waals surface area contributed by atoms with E-state index in [1.807, 2.05) is 12.1 Å². The smallest absolute Gasteiger partial charge is 0.231 e. The molecule has 1 amide bonds. The van der Waals surface area contributed by atoms with Crippen molar-refractivity contribution in [1.29, 1.82) is 0 Å². The van der Waals surface area contributed by atoms with Crippen molar-refractivity contribution in [2.45, 2.75) is 32.2 Å². The fourth-order valence-electron chi connectivity index (χ4n) is 4.19. The number of nitrogens with one attached hydrogen (secondary N) is 1. The van der Waals surface area contributed by atoms with Gasteiger partial charge in [-0.2, -0.15) is 0 Å². The Balaban J connectivity index is 1.26. The molecular weight excluding hydrogens is 404 g/mol. The van der Waals surface area contributed by atoms with Crippen LogP contribution in [0.1, 0.15) is 31.2 Å². The number of carbonyl (C=O) groups excluding carboxylic acids is 1. The summed E-state index contributed by atoms with van der Waals surface area (Å²) in [5.74, 6) is 2.82. The molecule has 0 aliphatic carbocycles. The molecule has 1 N–H and O–H groups in total. The largest absolute Gasteiger partial charge is 0.495 e. The molecule has 0 spiro atoms. The summed E-state index contributed by atoms with van der Waals surface area (Å²) in [5.41, 5.74) is 1.86. The molecule has 1 saturated heterocycles. The molecule has 1 fully saturated rings. The van der Waals surface area contributed by atoms with Crippen LogP contribution in [-0.2, 0) is 11.3 Å². The molecule has 0 radical (unpaired) electrons. The molecule has 0 bridgehead atoms. The Labute approximate surface area is 182 Å². The van der Waals surface area contributed by atoms with Crippen LogP contribution >= 0.6 is 11.6 Å². The number of likely N-dealkylation sites (tertiary alicyclic amines) is 1. The molecule has 6 nitrogen and oxygen atoms in total. The number of fused-ring (bicyclic) bond motifs is 1. The number of carbonyl (C=O) groups is 1. The van der Waals surface area contributed by atoms with Crippen molar-refractivity contribution in [3.63, 3.8) is 0 Å². The molecule has 2 aliphatic heterocycles. The predicted octanol–water partition coefficient (Wildman–Crippen LogP) is 4.71. The van der Waals surface area contributed by atoms with Gasteiger partial charge in [-0.05, 0) is 56.0 Å².